The van der Waals surface area contributed by atoms with Crippen molar-refractivity contribution < 1.29 is 4.79 Å². The number of fused-ring (bicyclic) bond motifs is 1. The smallest absolute Gasteiger partial charge is 0.257 e. The number of hydrogen-bond donors (Lipinski definition) is 3. The number of halogens is 1. The molecule has 5 nitrogen and oxygen atoms in total. The zero-order chi connectivity index (χ0) is 22.5. The number of aromatic nitrogens is 1. The van der Waals surface area contributed by atoms with Crippen molar-refractivity contribution in [2.45, 2.75) is 20.3 Å². The summed E-state index contributed by atoms with van der Waals surface area (Å²) in [6.45, 7) is 4.63. The summed E-state index contributed by atoms with van der Waals surface area (Å²) < 4.78 is 0.852. The quantitative estimate of drug-likeness (QED) is 0.238. The van der Waals surface area contributed by atoms with Crippen molar-refractivity contribution in [3.05, 3.63) is 99.7 Å². The fourth-order valence-corrected chi connectivity index (χ4v) is 4.13. The summed E-state index contributed by atoms with van der Waals surface area (Å²) in [5.74, 6) is 0.217. The van der Waals surface area contributed by atoms with E-state index in [-0.39, 0.29) is 5.91 Å². The lowest BCUT2D eigenvalue weighted by molar-refractivity contribution is 0.0977. The summed E-state index contributed by atoms with van der Waals surface area (Å²) in [7, 11) is 0. The fraction of sp³-hybridized carbons (Fsp3) is 0.154. The lowest BCUT2D eigenvalue weighted by atomic mass is 10.1. The van der Waals surface area contributed by atoms with Crippen molar-refractivity contribution in [2.75, 3.05) is 11.9 Å². The minimum Gasteiger partial charge on any atom is -0.361 e. The number of benzene rings is 3. The normalized spacial score (nSPS) is 11.5. The Morgan fingerprint density at radius 3 is 2.56 bits per heavy atom. The third-order valence-electron chi connectivity index (χ3n) is 5.13. The van der Waals surface area contributed by atoms with Crippen LogP contribution in [0.4, 0.5) is 5.69 Å². The lowest BCUT2D eigenvalue weighted by Crippen LogP contribution is -2.36. The van der Waals surface area contributed by atoms with Crippen LogP contribution in [0.1, 0.15) is 27.0 Å². The van der Waals surface area contributed by atoms with Gasteiger partial charge in [-0.2, -0.15) is 0 Å². The van der Waals surface area contributed by atoms with Crippen LogP contribution in [0.5, 0.6) is 0 Å². The largest absolute Gasteiger partial charge is 0.361 e. The van der Waals surface area contributed by atoms with Gasteiger partial charge in [0.2, 0.25) is 5.96 Å². The lowest BCUT2D eigenvalue weighted by Gasteiger charge is -2.13. The number of nitrogens with zero attached hydrogens (tertiary/aromatic N) is 1. The van der Waals surface area contributed by atoms with Crippen molar-refractivity contribution in [1.82, 2.24) is 10.3 Å². The van der Waals surface area contributed by atoms with E-state index in [2.05, 4.69) is 49.7 Å². The number of nitrogens with one attached hydrogen (secondary N) is 3. The van der Waals surface area contributed by atoms with Gasteiger partial charge in [-0.25, -0.2) is 0 Å². The Morgan fingerprint density at radius 2 is 1.78 bits per heavy atom. The molecule has 1 heterocycles. The number of H-pyrrole nitrogens is 1. The van der Waals surface area contributed by atoms with Crippen LogP contribution < -0.4 is 10.6 Å². The summed E-state index contributed by atoms with van der Waals surface area (Å²) >= 11 is 3.42. The number of carbonyl (C=O) groups is 1. The van der Waals surface area contributed by atoms with Crippen molar-refractivity contribution in [3.63, 3.8) is 0 Å². The van der Waals surface area contributed by atoms with Gasteiger partial charge in [-0.05, 0) is 73.4 Å². The first-order valence-electron chi connectivity index (χ1n) is 10.5. The van der Waals surface area contributed by atoms with Crippen LogP contribution in [-0.4, -0.2) is 23.4 Å². The van der Waals surface area contributed by atoms with Gasteiger partial charge in [0.25, 0.3) is 5.91 Å². The van der Waals surface area contributed by atoms with Gasteiger partial charge in [0.1, 0.15) is 0 Å². The Kier molecular flexibility index (Phi) is 6.71. The molecule has 0 fully saturated rings. The van der Waals surface area contributed by atoms with Crippen LogP contribution in [0.25, 0.3) is 10.9 Å². The summed E-state index contributed by atoms with van der Waals surface area (Å²) in [6, 6.07) is 21.7. The Morgan fingerprint density at radius 1 is 1.00 bits per heavy atom. The second-order valence-corrected chi connectivity index (χ2v) is 8.72. The molecule has 0 bridgehead atoms. The summed E-state index contributed by atoms with van der Waals surface area (Å²) in [6.07, 6.45) is 2.78. The topological polar surface area (TPSA) is 69.3 Å². The van der Waals surface area contributed by atoms with Crippen molar-refractivity contribution in [2.24, 2.45) is 4.99 Å². The van der Waals surface area contributed by atoms with Gasteiger partial charge in [-0.3, -0.25) is 15.1 Å². The third-order valence-corrected chi connectivity index (χ3v) is 5.62. The summed E-state index contributed by atoms with van der Waals surface area (Å²) in [5, 5.41) is 7.43. The fourth-order valence-electron chi connectivity index (χ4n) is 3.73. The molecule has 1 aromatic heterocycles. The molecular formula is C26H25BrN4O. The maximum absolute atomic E-state index is 12.8. The Labute approximate surface area is 196 Å². The molecule has 162 valence electrons. The van der Waals surface area contributed by atoms with Crippen LogP contribution in [-0.2, 0) is 6.42 Å². The van der Waals surface area contributed by atoms with Gasteiger partial charge in [0.15, 0.2) is 0 Å². The SMILES string of the molecule is Cc1cc(C)cc(NC(=NCCc2c[nH]c3ccccc23)NC(=O)c2cccc(Br)c2)c1. The molecule has 3 N–H and O–H groups in total. The monoisotopic (exact) mass is 488 g/mol. The van der Waals surface area contributed by atoms with Gasteiger partial charge in [-0.15, -0.1) is 0 Å². The van der Waals surface area contributed by atoms with Gasteiger partial charge < -0.3 is 10.3 Å². The van der Waals surface area contributed by atoms with Crippen molar-refractivity contribution >= 4 is 44.4 Å². The van der Waals surface area contributed by atoms with E-state index in [0.717, 1.165) is 33.2 Å². The second-order valence-electron chi connectivity index (χ2n) is 7.81. The predicted molar refractivity (Wildman–Crippen MR) is 135 cm³/mol. The van der Waals surface area contributed by atoms with E-state index in [0.29, 0.717) is 18.1 Å². The van der Waals surface area contributed by atoms with E-state index in [4.69, 9.17) is 4.99 Å². The molecule has 3 aromatic carbocycles. The molecule has 0 aliphatic carbocycles. The zero-order valence-corrected chi connectivity index (χ0v) is 19.7. The van der Waals surface area contributed by atoms with Crippen LogP contribution in [0.15, 0.2) is 82.4 Å². The maximum atomic E-state index is 12.8. The molecule has 6 heteroatoms. The highest BCUT2D eigenvalue weighted by atomic mass is 79.9. The van der Waals surface area contributed by atoms with Gasteiger partial charge >= 0.3 is 0 Å². The molecule has 0 unspecified atom stereocenters. The van der Waals surface area contributed by atoms with E-state index in [1.165, 1.54) is 10.9 Å². The first kappa shape index (κ1) is 21.8. The minimum atomic E-state index is -0.214. The van der Waals surface area contributed by atoms with Gasteiger partial charge in [0, 0.05) is 39.4 Å². The number of rotatable bonds is 5. The standard InChI is InChI=1S/C26H25BrN4O/c1-17-12-18(2)14-22(13-17)30-26(31-25(32)19-6-5-7-21(27)15-19)28-11-10-20-16-29-24-9-4-3-8-23(20)24/h3-9,12-16,29H,10-11H2,1-2H3,(H2,28,30,31,32). The minimum absolute atomic E-state index is 0.214. The number of aromatic amines is 1. The number of hydrogen-bond acceptors (Lipinski definition) is 2. The maximum Gasteiger partial charge on any atom is 0.257 e. The Bertz CT molecular complexity index is 1270. The molecule has 0 spiro atoms. The molecular weight excluding hydrogens is 464 g/mol. The molecule has 0 saturated heterocycles. The number of para-hydroxylation sites is 1. The van der Waals surface area contributed by atoms with Crippen LogP contribution >= 0.6 is 15.9 Å². The number of aryl methyl sites for hydroxylation is 2. The molecule has 1 amide bonds. The Balaban J connectivity index is 1.54. The first-order chi connectivity index (χ1) is 15.5. The van der Waals surface area contributed by atoms with E-state index in [1.54, 1.807) is 12.1 Å². The number of guanidine groups is 1. The summed E-state index contributed by atoms with van der Waals surface area (Å²) in [5.41, 5.74) is 6.05. The number of amides is 1. The first-order valence-corrected chi connectivity index (χ1v) is 11.3. The number of carbonyl (C=O) groups excluding carboxylic acids is 1. The molecule has 4 rings (SSSR count). The zero-order valence-electron chi connectivity index (χ0n) is 18.1. The average molecular weight is 489 g/mol. The van der Waals surface area contributed by atoms with Crippen molar-refractivity contribution in [1.29, 1.82) is 0 Å². The highest BCUT2D eigenvalue weighted by molar-refractivity contribution is 9.10. The highest BCUT2D eigenvalue weighted by Crippen LogP contribution is 2.18. The highest BCUT2D eigenvalue weighted by Gasteiger charge is 2.11. The number of aliphatic imine (C=N–C) groups is 1. The molecule has 0 saturated carbocycles. The molecule has 4 aromatic rings. The van der Waals surface area contributed by atoms with E-state index in [9.17, 15) is 4.79 Å². The van der Waals surface area contributed by atoms with E-state index in [1.807, 2.05) is 56.4 Å². The second kappa shape index (κ2) is 9.83. The molecule has 0 aliphatic heterocycles. The molecule has 0 radical (unpaired) electrons. The molecule has 0 atom stereocenters. The van der Waals surface area contributed by atoms with Crippen LogP contribution in [0.2, 0.25) is 0 Å². The van der Waals surface area contributed by atoms with Gasteiger partial charge in [-0.1, -0.05) is 46.3 Å². The predicted octanol–water partition coefficient (Wildman–Crippen LogP) is 5.99. The van der Waals surface area contributed by atoms with Crippen molar-refractivity contribution in [3.8, 4) is 0 Å². The third kappa shape index (κ3) is 5.45. The van der Waals surface area contributed by atoms with E-state index < -0.39 is 0 Å². The van der Waals surface area contributed by atoms with Gasteiger partial charge in [0.05, 0.1) is 0 Å². The van der Waals surface area contributed by atoms with E-state index >= 15 is 0 Å². The number of anilines is 1. The molecule has 0 aliphatic rings. The summed E-state index contributed by atoms with van der Waals surface area (Å²) in [4.78, 5) is 20.8. The molecule has 32 heavy (non-hydrogen) atoms. The Hall–Kier alpha value is -3.38. The van der Waals surface area contributed by atoms with Crippen LogP contribution in [0, 0.1) is 13.8 Å². The van der Waals surface area contributed by atoms with Crippen LogP contribution in [0.3, 0.4) is 0 Å². The average Bonchev–Trinajstić information content (AvgIpc) is 3.16.